The van der Waals surface area contributed by atoms with Gasteiger partial charge in [0, 0.05) is 25.6 Å². The van der Waals surface area contributed by atoms with Gasteiger partial charge in [-0.1, -0.05) is 24.6 Å². The third-order valence-corrected chi connectivity index (χ3v) is 4.51. The molecule has 3 nitrogen and oxygen atoms in total. The first-order valence-corrected chi connectivity index (χ1v) is 7.96. The lowest BCUT2D eigenvalue weighted by molar-refractivity contribution is 0.147. The summed E-state index contributed by atoms with van der Waals surface area (Å²) in [7, 11) is 0. The van der Waals surface area contributed by atoms with E-state index in [0.717, 1.165) is 31.8 Å². The largest absolute Gasteiger partial charge is 0.488 e. The number of benzene rings is 1. The molecule has 0 aromatic heterocycles. The lowest BCUT2D eigenvalue weighted by Crippen LogP contribution is -2.42. The monoisotopic (exact) mass is 274 g/mol. The average Bonchev–Trinajstić information content (AvgIpc) is 3.06. The molecule has 2 heterocycles. The van der Waals surface area contributed by atoms with E-state index in [2.05, 4.69) is 42.3 Å². The highest BCUT2D eigenvalue weighted by Gasteiger charge is 2.26. The third kappa shape index (κ3) is 3.15. The van der Waals surface area contributed by atoms with Crippen LogP contribution in [0.25, 0.3) is 0 Å². The molecule has 2 aliphatic heterocycles. The van der Waals surface area contributed by atoms with Gasteiger partial charge in [0.15, 0.2) is 0 Å². The normalized spacial score (nSPS) is 24.9. The maximum atomic E-state index is 6.10. The summed E-state index contributed by atoms with van der Waals surface area (Å²) in [6, 6.07) is 7.21. The van der Waals surface area contributed by atoms with Crippen molar-refractivity contribution in [3.63, 3.8) is 0 Å². The zero-order valence-corrected chi connectivity index (χ0v) is 12.7. The highest BCUT2D eigenvalue weighted by molar-refractivity contribution is 5.40. The summed E-state index contributed by atoms with van der Waals surface area (Å²) in [5, 5.41) is 3.59. The second kappa shape index (κ2) is 6.15. The molecule has 1 N–H and O–H groups in total. The van der Waals surface area contributed by atoms with Crippen molar-refractivity contribution < 1.29 is 4.74 Å². The minimum absolute atomic E-state index is 0.327. The molecule has 3 rings (SSSR count). The van der Waals surface area contributed by atoms with Crippen molar-refractivity contribution in [2.24, 2.45) is 0 Å². The molecule has 1 saturated heterocycles. The van der Waals surface area contributed by atoms with Gasteiger partial charge in [-0.05, 0) is 44.5 Å². The SMILES string of the molecule is CCN(CC1CCCN1)CC1Cc2cc(C)ccc2O1. The second-order valence-electron chi connectivity index (χ2n) is 6.20. The van der Waals surface area contributed by atoms with Crippen LogP contribution in [-0.4, -0.2) is 43.2 Å². The predicted molar refractivity (Wildman–Crippen MR) is 82.4 cm³/mol. The van der Waals surface area contributed by atoms with Gasteiger partial charge in [0.1, 0.15) is 11.9 Å². The first-order chi connectivity index (χ1) is 9.74. The first kappa shape index (κ1) is 13.9. The van der Waals surface area contributed by atoms with Crippen LogP contribution < -0.4 is 10.1 Å². The summed E-state index contributed by atoms with van der Waals surface area (Å²) in [6.07, 6.45) is 4.04. The molecule has 20 heavy (non-hydrogen) atoms. The quantitative estimate of drug-likeness (QED) is 0.892. The molecule has 2 atom stereocenters. The van der Waals surface area contributed by atoms with Gasteiger partial charge >= 0.3 is 0 Å². The van der Waals surface area contributed by atoms with Gasteiger partial charge in [0.05, 0.1) is 0 Å². The zero-order chi connectivity index (χ0) is 13.9. The van der Waals surface area contributed by atoms with Crippen molar-refractivity contribution >= 4 is 0 Å². The van der Waals surface area contributed by atoms with Crippen molar-refractivity contribution in [2.45, 2.75) is 45.3 Å². The van der Waals surface area contributed by atoms with E-state index < -0.39 is 0 Å². The Balaban J connectivity index is 1.55. The standard InChI is InChI=1S/C17H26N2O/c1-3-19(11-15-5-4-8-18-15)12-16-10-14-9-13(2)6-7-17(14)20-16/h6-7,9,15-16,18H,3-5,8,10-12H2,1-2H3. The van der Waals surface area contributed by atoms with Gasteiger partial charge in [0.2, 0.25) is 0 Å². The molecule has 0 spiro atoms. The molecule has 1 aromatic rings. The maximum Gasteiger partial charge on any atom is 0.123 e. The Bertz CT molecular complexity index is 454. The molecule has 3 heteroatoms. The van der Waals surface area contributed by atoms with E-state index in [4.69, 9.17) is 4.74 Å². The van der Waals surface area contributed by atoms with Gasteiger partial charge < -0.3 is 10.1 Å². The summed E-state index contributed by atoms with van der Waals surface area (Å²) in [4.78, 5) is 2.53. The number of aryl methyl sites for hydroxylation is 1. The fourth-order valence-electron chi connectivity index (χ4n) is 3.40. The van der Waals surface area contributed by atoms with Gasteiger partial charge in [-0.3, -0.25) is 4.90 Å². The number of hydrogen-bond donors (Lipinski definition) is 1. The van der Waals surface area contributed by atoms with Gasteiger partial charge in [-0.15, -0.1) is 0 Å². The maximum absolute atomic E-state index is 6.10. The Morgan fingerprint density at radius 3 is 3.00 bits per heavy atom. The fraction of sp³-hybridized carbons (Fsp3) is 0.647. The lowest BCUT2D eigenvalue weighted by atomic mass is 10.1. The third-order valence-electron chi connectivity index (χ3n) is 4.51. The highest BCUT2D eigenvalue weighted by Crippen LogP contribution is 2.29. The molecule has 0 saturated carbocycles. The fourth-order valence-corrected chi connectivity index (χ4v) is 3.40. The number of nitrogens with one attached hydrogen (secondary N) is 1. The van der Waals surface area contributed by atoms with Crippen molar-refractivity contribution in [3.05, 3.63) is 29.3 Å². The average molecular weight is 274 g/mol. The second-order valence-corrected chi connectivity index (χ2v) is 6.20. The summed E-state index contributed by atoms with van der Waals surface area (Å²) >= 11 is 0. The molecular weight excluding hydrogens is 248 g/mol. The van der Waals surface area contributed by atoms with Crippen LogP contribution >= 0.6 is 0 Å². The molecule has 110 valence electrons. The minimum Gasteiger partial charge on any atom is -0.488 e. The van der Waals surface area contributed by atoms with Crippen LogP contribution in [0.1, 0.15) is 30.9 Å². The molecule has 1 aromatic carbocycles. The molecule has 0 radical (unpaired) electrons. The van der Waals surface area contributed by atoms with Crippen LogP contribution in [0.15, 0.2) is 18.2 Å². The van der Waals surface area contributed by atoms with Crippen LogP contribution in [-0.2, 0) is 6.42 Å². The molecular formula is C17H26N2O. The predicted octanol–water partition coefficient (Wildman–Crippen LogP) is 2.37. The van der Waals surface area contributed by atoms with Crippen molar-refractivity contribution in [2.75, 3.05) is 26.2 Å². The summed E-state index contributed by atoms with van der Waals surface area (Å²) in [5.74, 6) is 1.09. The Kier molecular flexibility index (Phi) is 4.27. The van der Waals surface area contributed by atoms with Crippen LogP contribution in [0.3, 0.4) is 0 Å². The molecule has 0 amide bonds. The topological polar surface area (TPSA) is 24.5 Å². The summed E-state index contributed by atoms with van der Waals surface area (Å²) in [6.45, 7) is 8.90. The molecule has 0 aliphatic carbocycles. The highest BCUT2D eigenvalue weighted by atomic mass is 16.5. The molecule has 2 unspecified atom stereocenters. The zero-order valence-electron chi connectivity index (χ0n) is 12.7. The van der Waals surface area contributed by atoms with E-state index in [9.17, 15) is 0 Å². The summed E-state index contributed by atoms with van der Waals surface area (Å²) < 4.78 is 6.10. The lowest BCUT2D eigenvalue weighted by Gasteiger charge is -2.26. The molecule has 1 fully saturated rings. The Morgan fingerprint density at radius 2 is 2.25 bits per heavy atom. The Hall–Kier alpha value is -1.06. The number of fused-ring (bicyclic) bond motifs is 1. The number of rotatable bonds is 5. The Morgan fingerprint density at radius 1 is 1.35 bits per heavy atom. The Labute approximate surface area is 122 Å². The first-order valence-electron chi connectivity index (χ1n) is 7.96. The summed E-state index contributed by atoms with van der Waals surface area (Å²) in [5.41, 5.74) is 2.71. The van der Waals surface area contributed by atoms with E-state index in [1.54, 1.807) is 0 Å². The number of likely N-dealkylation sites (N-methyl/N-ethyl adjacent to an activating group) is 1. The van der Waals surface area contributed by atoms with Gasteiger partial charge in [-0.2, -0.15) is 0 Å². The molecule has 2 aliphatic rings. The van der Waals surface area contributed by atoms with Gasteiger partial charge in [-0.25, -0.2) is 0 Å². The van der Waals surface area contributed by atoms with Crippen LogP contribution in [0.4, 0.5) is 0 Å². The molecule has 0 bridgehead atoms. The van der Waals surface area contributed by atoms with Crippen molar-refractivity contribution in [3.8, 4) is 5.75 Å². The van der Waals surface area contributed by atoms with Crippen molar-refractivity contribution in [1.82, 2.24) is 10.2 Å². The minimum atomic E-state index is 0.327. The van der Waals surface area contributed by atoms with Crippen LogP contribution in [0.5, 0.6) is 5.75 Å². The van der Waals surface area contributed by atoms with E-state index in [1.807, 2.05) is 0 Å². The van der Waals surface area contributed by atoms with Gasteiger partial charge in [0.25, 0.3) is 0 Å². The van der Waals surface area contributed by atoms with E-state index in [1.165, 1.54) is 30.5 Å². The van der Waals surface area contributed by atoms with E-state index >= 15 is 0 Å². The van der Waals surface area contributed by atoms with Crippen molar-refractivity contribution in [1.29, 1.82) is 0 Å². The van der Waals surface area contributed by atoms with Crippen LogP contribution in [0.2, 0.25) is 0 Å². The number of ether oxygens (including phenoxy) is 1. The smallest absolute Gasteiger partial charge is 0.123 e. The number of hydrogen-bond acceptors (Lipinski definition) is 3. The van der Waals surface area contributed by atoms with Crippen LogP contribution in [0, 0.1) is 6.92 Å². The van der Waals surface area contributed by atoms with E-state index in [-0.39, 0.29) is 0 Å². The number of nitrogens with zero attached hydrogens (tertiary/aromatic N) is 1. The van der Waals surface area contributed by atoms with E-state index in [0.29, 0.717) is 12.1 Å².